The van der Waals surface area contributed by atoms with Gasteiger partial charge in [-0.05, 0) is 18.9 Å². The minimum absolute atomic E-state index is 0.0120. The van der Waals surface area contributed by atoms with E-state index in [1.54, 1.807) is 12.3 Å². The predicted molar refractivity (Wildman–Crippen MR) is 68.5 cm³/mol. The van der Waals surface area contributed by atoms with E-state index in [9.17, 15) is 4.79 Å². The Bertz CT molecular complexity index is 387. The van der Waals surface area contributed by atoms with Crippen molar-refractivity contribution in [3.8, 4) is 0 Å². The summed E-state index contributed by atoms with van der Waals surface area (Å²) in [7, 11) is 0. The number of aromatic nitrogens is 2. The summed E-state index contributed by atoms with van der Waals surface area (Å²) in [6.07, 6.45) is 8.97. The highest BCUT2D eigenvalue weighted by Gasteiger charge is 2.29. The van der Waals surface area contributed by atoms with Gasteiger partial charge in [-0.25, -0.2) is 9.97 Å². The summed E-state index contributed by atoms with van der Waals surface area (Å²) >= 11 is 0. The van der Waals surface area contributed by atoms with Crippen molar-refractivity contribution in [2.75, 3.05) is 0 Å². The second-order valence-electron chi connectivity index (χ2n) is 5.08. The first kappa shape index (κ1) is 13.0. The lowest BCUT2D eigenvalue weighted by atomic mass is 9.80. The lowest BCUT2D eigenvalue weighted by molar-refractivity contribution is -0.122. The third kappa shape index (κ3) is 3.77. The van der Waals surface area contributed by atoms with Gasteiger partial charge in [0, 0.05) is 18.2 Å². The Morgan fingerprint density at radius 3 is 2.83 bits per heavy atom. The van der Waals surface area contributed by atoms with Crippen LogP contribution in [-0.2, 0) is 11.3 Å². The highest BCUT2D eigenvalue weighted by molar-refractivity contribution is 5.77. The summed E-state index contributed by atoms with van der Waals surface area (Å²) < 4.78 is 0. The van der Waals surface area contributed by atoms with Gasteiger partial charge in [0.2, 0.25) is 5.91 Å². The van der Waals surface area contributed by atoms with E-state index in [4.69, 9.17) is 5.73 Å². The normalized spacial score (nSPS) is 18.3. The van der Waals surface area contributed by atoms with E-state index in [1.807, 2.05) is 0 Å². The van der Waals surface area contributed by atoms with E-state index in [2.05, 4.69) is 15.3 Å². The largest absolute Gasteiger partial charge is 0.350 e. The fraction of sp³-hybridized carbons (Fsp3) is 0.615. The van der Waals surface area contributed by atoms with Crippen molar-refractivity contribution in [2.45, 2.75) is 50.6 Å². The van der Waals surface area contributed by atoms with Gasteiger partial charge >= 0.3 is 0 Å². The maximum absolute atomic E-state index is 11.9. The standard InChI is InChI=1S/C13H20N4O/c14-13(5-2-1-3-6-13)8-12(18)16-9-11-4-7-15-10-17-11/h4,7,10H,1-3,5-6,8-9,14H2,(H,16,18). The first-order chi connectivity index (χ1) is 8.68. The van der Waals surface area contributed by atoms with Crippen LogP contribution in [0.3, 0.4) is 0 Å². The zero-order chi connectivity index (χ0) is 12.8. The molecule has 0 unspecified atom stereocenters. The molecule has 0 bridgehead atoms. The van der Waals surface area contributed by atoms with Gasteiger partial charge in [0.25, 0.3) is 0 Å². The molecule has 3 N–H and O–H groups in total. The van der Waals surface area contributed by atoms with Gasteiger partial charge in [-0.15, -0.1) is 0 Å². The molecule has 0 aliphatic heterocycles. The molecule has 1 aliphatic rings. The van der Waals surface area contributed by atoms with Crippen LogP contribution < -0.4 is 11.1 Å². The molecule has 0 aromatic carbocycles. The summed E-state index contributed by atoms with van der Waals surface area (Å²) in [4.78, 5) is 19.7. The van der Waals surface area contributed by atoms with Crippen LogP contribution >= 0.6 is 0 Å². The second kappa shape index (κ2) is 5.91. The summed E-state index contributed by atoms with van der Waals surface area (Å²) in [5.74, 6) is 0.0120. The average Bonchev–Trinajstić information content (AvgIpc) is 2.38. The third-order valence-electron chi connectivity index (χ3n) is 3.47. The Kier molecular flexibility index (Phi) is 4.25. The molecule has 0 saturated heterocycles. The number of nitrogens with zero attached hydrogens (tertiary/aromatic N) is 2. The number of nitrogens with one attached hydrogen (secondary N) is 1. The van der Waals surface area contributed by atoms with Gasteiger partial charge in [0.15, 0.2) is 0 Å². The number of hydrogen-bond acceptors (Lipinski definition) is 4. The van der Waals surface area contributed by atoms with E-state index in [0.717, 1.165) is 31.4 Å². The van der Waals surface area contributed by atoms with Crippen LogP contribution in [0.2, 0.25) is 0 Å². The quantitative estimate of drug-likeness (QED) is 0.837. The summed E-state index contributed by atoms with van der Waals surface area (Å²) in [6, 6.07) is 1.79. The van der Waals surface area contributed by atoms with Crippen LogP contribution in [0.4, 0.5) is 0 Å². The Morgan fingerprint density at radius 2 is 2.17 bits per heavy atom. The average molecular weight is 248 g/mol. The third-order valence-corrected chi connectivity index (χ3v) is 3.47. The van der Waals surface area contributed by atoms with Crippen molar-refractivity contribution >= 4 is 5.91 Å². The molecule has 0 radical (unpaired) electrons. The second-order valence-corrected chi connectivity index (χ2v) is 5.08. The Hall–Kier alpha value is -1.49. The molecule has 1 amide bonds. The molecule has 1 aromatic rings. The number of carbonyl (C=O) groups excluding carboxylic acids is 1. The van der Waals surface area contributed by atoms with E-state index in [0.29, 0.717) is 13.0 Å². The summed E-state index contributed by atoms with van der Waals surface area (Å²) in [5.41, 5.74) is 6.76. The zero-order valence-corrected chi connectivity index (χ0v) is 10.6. The minimum Gasteiger partial charge on any atom is -0.350 e. The number of carbonyl (C=O) groups is 1. The molecule has 5 nitrogen and oxygen atoms in total. The molecule has 1 aromatic heterocycles. The molecule has 18 heavy (non-hydrogen) atoms. The molecule has 1 aliphatic carbocycles. The van der Waals surface area contributed by atoms with Crippen molar-refractivity contribution in [3.05, 3.63) is 24.3 Å². The van der Waals surface area contributed by atoms with Gasteiger partial charge in [0.05, 0.1) is 12.2 Å². The number of rotatable bonds is 4. The fourth-order valence-corrected chi connectivity index (χ4v) is 2.43. The first-order valence-electron chi connectivity index (χ1n) is 6.48. The van der Waals surface area contributed by atoms with Crippen LogP contribution in [-0.4, -0.2) is 21.4 Å². The molecule has 98 valence electrons. The molecule has 1 fully saturated rings. The van der Waals surface area contributed by atoms with Crippen molar-refractivity contribution < 1.29 is 4.79 Å². The number of nitrogens with two attached hydrogens (primary N) is 1. The predicted octanol–water partition coefficient (Wildman–Crippen LogP) is 1.14. The topological polar surface area (TPSA) is 80.9 Å². The highest BCUT2D eigenvalue weighted by atomic mass is 16.1. The Labute approximate surface area is 107 Å². The van der Waals surface area contributed by atoms with Gasteiger partial charge in [0.1, 0.15) is 6.33 Å². The molecule has 0 atom stereocenters. The van der Waals surface area contributed by atoms with Gasteiger partial charge in [-0.2, -0.15) is 0 Å². The van der Waals surface area contributed by atoms with Gasteiger partial charge in [-0.3, -0.25) is 4.79 Å². The maximum Gasteiger partial charge on any atom is 0.222 e. The molecular weight excluding hydrogens is 228 g/mol. The summed E-state index contributed by atoms with van der Waals surface area (Å²) in [5, 5.41) is 2.86. The molecule has 1 saturated carbocycles. The van der Waals surface area contributed by atoms with E-state index < -0.39 is 0 Å². The number of hydrogen-bond donors (Lipinski definition) is 2. The molecule has 5 heteroatoms. The van der Waals surface area contributed by atoms with Crippen LogP contribution in [0.25, 0.3) is 0 Å². The SMILES string of the molecule is NC1(CC(=O)NCc2ccncn2)CCCCC1. The lowest BCUT2D eigenvalue weighted by Gasteiger charge is -2.32. The van der Waals surface area contributed by atoms with Crippen molar-refractivity contribution in [2.24, 2.45) is 5.73 Å². The maximum atomic E-state index is 11.9. The fourth-order valence-electron chi connectivity index (χ4n) is 2.43. The van der Waals surface area contributed by atoms with Crippen LogP contribution in [0.1, 0.15) is 44.2 Å². The van der Waals surface area contributed by atoms with Crippen molar-refractivity contribution in [1.82, 2.24) is 15.3 Å². The van der Waals surface area contributed by atoms with Crippen LogP contribution in [0.15, 0.2) is 18.6 Å². The van der Waals surface area contributed by atoms with Crippen molar-refractivity contribution in [3.63, 3.8) is 0 Å². The Morgan fingerprint density at radius 1 is 1.39 bits per heavy atom. The smallest absolute Gasteiger partial charge is 0.222 e. The zero-order valence-electron chi connectivity index (χ0n) is 10.6. The van der Waals surface area contributed by atoms with Crippen molar-refractivity contribution in [1.29, 1.82) is 0 Å². The Balaban J connectivity index is 1.78. The van der Waals surface area contributed by atoms with Gasteiger partial charge < -0.3 is 11.1 Å². The minimum atomic E-state index is -0.298. The first-order valence-corrected chi connectivity index (χ1v) is 6.48. The van der Waals surface area contributed by atoms with Gasteiger partial charge in [-0.1, -0.05) is 19.3 Å². The lowest BCUT2D eigenvalue weighted by Crippen LogP contribution is -2.45. The monoisotopic (exact) mass is 248 g/mol. The number of amides is 1. The van der Waals surface area contributed by atoms with E-state index in [-0.39, 0.29) is 11.4 Å². The van der Waals surface area contributed by atoms with Crippen LogP contribution in [0.5, 0.6) is 0 Å². The molecule has 2 rings (SSSR count). The highest BCUT2D eigenvalue weighted by Crippen LogP contribution is 2.28. The van der Waals surface area contributed by atoms with E-state index in [1.165, 1.54) is 12.7 Å². The molecule has 1 heterocycles. The molecular formula is C13H20N4O. The van der Waals surface area contributed by atoms with E-state index >= 15 is 0 Å². The summed E-state index contributed by atoms with van der Waals surface area (Å²) in [6.45, 7) is 0.442. The van der Waals surface area contributed by atoms with Crippen LogP contribution in [0, 0.1) is 0 Å². The molecule has 0 spiro atoms.